The van der Waals surface area contributed by atoms with E-state index >= 15 is 0 Å². The average molecular weight is 756 g/mol. The van der Waals surface area contributed by atoms with Crippen LogP contribution >= 0.6 is 11.3 Å². The number of rotatable bonds is 8. The van der Waals surface area contributed by atoms with Gasteiger partial charge in [0.05, 0.1) is 40.8 Å². The Bertz CT molecular complexity index is 1990. The molecule has 0 radical (unpaired) electrons. The lowest BCUT2D eigenvalue weighted by atomic mass is 9.84. The van der Waals surface area contributed by atoms with Crippen LogP contribution < -0.4 is 10.6 Å². The third-order valence-electron chi connectivity index (χ3n) is 10.8. The van der Waals surface area contributed by atoms with Crippen molar-refractivity contribution < 1.29 is 23.9 Å². The van der Waals surface area contributed by atoms with Crippen LogP contribution in [0.25, 0.3) is 33.4 Å². The monoisotopic (exact) mass is 755 g/mol. The van der Waals surface area contributed by atoms with Gasteiger partial charge in [-0.15, -0.1) is 11.3 Å². The average Bonchev–Trinajstić information content (AvgIpc) is 3.75. The molecular weight excluding hydrogens is 699 g/mol. The minimum Gasteiger partial charge on any atom is -0.464 e. The molecule has 11 heteroatoms. The molecule has 1 aromatic carbocycles. The summed E-state index contributed by atoms with van der Waals surface area (Å²) in [5, 5.41) is 10.00. The third-order valence-corrected chi connectivity index (χ3v) is 11.7. The number of amides is 1. The van der Waals surface area contributed by atoms with E-state index in [1.807, 2.05) is 39.1 Å². The van der Waals surface area contributed by atoms with Crippen molar-refractivity contribution in [3.8, 4) is 22.5 Å². The smallest absolute Gasteiger partial charge is 0.323 e. The number of methoxy groups -OCH3 is 1. The Morgan fingerprint density at radius 3 is 2.61 bits per heavy atom. The minimum absolute atomic E-state index is 0.113. The van der Waals surface area contributed by atoms with E-state index < -0.39 is 17.5 Å². The number of likely N-dealkylation sites (N-methyl/N-ethyl adjacent to an activating group) is 1. The number of Topliss-reactive ketones (excluding diaryl/α,β-unsaturated/α-hetero) is 1. The van der Waals surface area contributed by atoms with Gasteiger partial charge in [-0.05, 0) is 87.9 Å². The summed E-state index contributed by atoms with van der Waals surface area (Å²) in [5.41, 5.74) is 6.87. The van der Waals surface area contributed by atoms with Gasteiger partial charge in [0.1, 0.15) is 6.04 Å². The number of benzene rings is 1. The van der Waals surface area contributed by atoms with Crippen LogP contribution in [0.5, 0.6) is 0 Å². The molecule has 0 spiro atoms. The van der Waals surface area contributed by atoms with Gasteiger partial charge in [-0.3, -0.25) is 19.4 Å². The lowest BCUT2D eigenvalue weighted by Crippen LogP contribution is -2.45. The van der Waals surface area contributed by atoms with E-state index in [-0.39, 0.29) is 48.6 Å². The van der Waals surface area contributed by atoms with Crippen LogP contribution in [0.3, 0.4) is 0 Å². The van der Waals surface area contributed by atoms with Crippen molar-refractivity contribution >= 4 is 39.9 Å². The standard InChI is InChI=1S/C43H57N5O5S/c1-11-48-36-18-17-29-20-31(36)32(39(48)30-15-13-19-45-38(30)28(6)52-10)22-43(7,8)24-53-42(51)33(44-9)16-12-14-26(4)40(49)34(21-37-46-35(29)23-54-37)47-41(50)27(5)25(2)3/h13,15,17-20,23,25,27-28,33-34,44H,4,11-12,14,16,21-22,24H2,1-3,5-10H3,(H,47,50)/t27-,28-,33-,34-/m0/s1. The second-order valence-electron chi connectivity index (χ2n) is 15.7. The fourth-order valence-electron chi connectivity index (χ4n) is 7.15. The molecule has 1 aliphatic heterocycles. The van der Waals surface area contributed by atoms with Crippen molar-refractivity contribution in [1.82, 2.24) is 25.2 Å². The minimum atomic E-state index is -0.804. The van der Waals surface area contributed by atoms with Crippen LogP contribution in [0.2, 0.25) is 0 Å². The van der Waals surface area contributed by atoms with Gasteiger partial charge in [0, 0.05) is 65.0 Å². The summed E-state index contributed by atoms with van der Waals surface area (Å²) in [5.74, 6) is -0.873. The summed E-state index contributed by atoms with van der Waals surface area (Å²) in [6.07, 6.45) is 3.86. The number of ether oxygens (including phenoxy) is 2. The van der Waals surface area contributed by atoms with E-state index in [2.05, 4.69) is 66.8 Å². The Morgan fingerprint density at radius 1 is 1.17 bits per heavy atom. The first-order chi connectivity index (χ1) is 25.7. The number of carbonyl (C=O) groups is 3. The molecule has 4 atom stereocenters. The van der Waals surface area contributed by atoms with Crippen LogP contribution in [0, 0.1) is 17.3 Å². The molecule has 1 amide bonds. The topological polar surface area (TPSA) is 124 Å². The molecule has 0 unspecified atom stereocenters. The second kappa shape index (κ2) is 17.5. The molecule has 4 bridgehead atoms. The molecule has 0 saturated heterocycles. The van der Waals surface area contributed by atoms with Crippen molar-refractivity contribution in [3.05, 3.63) is 70.3 Å². The van der Waals surface area contributed by atoms with Gasteiger partial charge in [-0.25, -0.2) is 4.98 Å². The van der Waals surface area contributed by atoms with E-state index in [1.165, 1.54) is 11.3 Å². The van der Waals surface area contributed by atoms with Crippen molar-refractivity contribution in [2.45, 2.75) is 105 Å². The summed E-state index contributed by atoms with van der Waals surface area (Å²) in [4.78, 5) is 50.5. The molecule has 54 heavy (non-hydrogen) atoms. The number of carbonyl (C=O) groups excluding carboxylic acids is 3. The van der Waals surface area contributed by atoms with Crippen molar-refractivity contribution in [2.75, 3.05) is 20.8 Å². The number of ketones is 1. The van der Waals surface area contributed by atoms with E-state index in [0.29, 0.717) is 31.3 Å². The van der Waals surface area contributed by atoms with E-state index in [4.69, 9.17) is 19.4 Å². The zero-order chi connectivity index (χ0) is 39.3. The maximum Gasteiger partial charge on any atom is 0.323 e. The van der Waals surface area contributed by atoms with Crippen LogP contribution in [0.1, 0.15) is 90.1 Å². The lowest BCUT2D eigenvalue weighted by molar-refractivity contribution is -0.149. The molecule has 0 aliphatic carbocycles. The van der Waals surface area contributed by atoms with Gasteiger partial charge in [0.25, 0.3) is 0 Å². The number of aromatic nitrogens is 3. The highest BCUT2D eigenvalue weighted by molar-refractivity contribution is 7.10. The van der Waals surface area contributed by atoms with Crippen molar-refractivity contribution in [3.63, 3.8) is 0 Å². The van der Waals surface area contributed by atoms with E-state index in [1.54, 1.807) is 20.4 Å². The number of nitrogens with one attached hydrogen (secondary N) is 2. The van der Waals surface area contributed by atoms with E-state index in [0.717, 1.165) is 56.2 Å². The summed E-state index contributed by atoms with van der Waals surface area (Å²) < 4.78 is 14.2. The van der Waals surface area contributed by atoms with Gasteiger partial charge in [0.15, 0.2) is 5.78 Å². The molecule has 2 N–H and O–H groups in total. The normalized spacial score (nSPS) is 19.9. The maximum atomic E-state index is 13.9. The number of fused-ring (bicyclic) bond motifs is 4. The summed E-state index contributed by atoms with van der Waals surface area (Å²) in [6, 6.07) is 9.16. The van der Waals surface area contributed by atoms with E-state index in [9.17, 15) is 14.4 Å². The number of aryl methyl sites for hydroxylation is 1. The second-order valence-corrected chi connectivity index (χ2v) is 16.6. The highest BCUT2D eigenvalue weighted by Gasteiger charge is 2.32. The molecule has 1 aliphatic rings. The first-order valence-electron chi connectivity index (χ1n) is 19.1. The van der Waals surface area contributed by atoms with Crippen LogP contribution in [0.15, 0.2) is 54.1 Å². The Hall–Kier alpha value is -4.19. The fourth-order valence-corrected chi connectivity index (χ4v) is 8.00. The van der Waals surface area contributed by atoms with Gasteiger partial charge in [-0.1, -0.05) is 47.3 Å². The van der Waals surface area contributed by atoms with Crippen molar-refractivity contribution in [2.24, 2.45) is 17.3 Å². The number of nitrogens with zero attached hydrogens (tertiary/aromatic N) is 3. The SMILES string of the molecule is C=C1CCC[C@H](NC)C(=O)OCC(C)(C)Cc2c(-c3cccnc3[C@H](C)OC)n(CC)c3ccc(cc23)-c2csc(n2)C[C@H](NC(=O)[C@@H](C)C(C)C)C1=O. The largest absolute Gasteiger partial charge is 0.464 e. The van der Waals surface area contributed by atoms with Gasteiger partial charge in [-0.2, -0.15) is 0 Å². The number of pyridine rings is 1. The number of thiazole rings is 1. The summed E-state index contributed by atoms with van der Waals surface area (Å²) in [7, 11) is 3.44. The number of hydrogen-bond donors (Lipinski definition) is 2. The molecule has 4 heterocycles. The third kappa shape index (κ3) is 9.01. The zero-order valence-corrected chi connectivity index (χ0v) is 34.2. The predicted octanol–water partition coefficient (Wildman–Crippen LogP) is 7.88. The molecule has 5 rings (SSSR count). The number of hydrogen-bond acceptors (Lipinski definition) is 9. The predicted molar refractivity (Wildman–Crippen MR) is 216 cm³/mol. The first kappa shape index (κ1) is 41.0. The maximum absolute atomic E-state index is 13.9. The van der Waals surface area contributed by atoms with Gasteiger partial charge < -0.3 is 24.7 Å². The Morgan fingerprint density at radius 2 is 1.93 bits per heavy atom. The van der Waals surface area contributed by atoms with Crippen LogP contribution in [-0.4, -0.2) is 65.0 Å². The van der Waals surface area contributed by atoms with Gasteiger partial charge in [0.2, 0.25) is 5.91 Å². The Labute approximate surface area is 324 Å². The first-order valence-corrected chi connectivity index (χ1v) is 20.0. The Kier molecular flexibility index (Phi) is 13.3. The number of esters is 1. The summed E-state index contributed by atoms with van der Waals surface area (Å²) >= 11 is 1.48. The molecule has 290 valence electrons. The molecular formula is C43H57N5O5S. The molecule has 4 aromatic rings. The van der Waals surface area contributed by atoms with Crippen molar-refractivity contribution in [1.29, 1.82) is 0 Å². The van der Waals surface area contributed by atoms with Crippen LogP contribution in [0.4, 0.5) is 0 Å². The zero-order valence-electron chi connectivity index (χ0n) is 33.4. The molecule has 0 saturated carbocycles. The van der Waals surface area contributed by atoms with Crippen LogP contribution in [-0.2, 0) is 43.2 Å². The fraction of sp³-hybridized carbons (Fsp3) is 0.512. The lowest BCUT2D eigenvalue weighted by Gasteiger charge is -2.27. The Balaban J connectivity index is 1.67. The highest BCUT2D eigenvalue weighted by Crippen LogP contribution is 2.42. The summed E-state index contributed by atoms with van der Waals surface area (Å²) in [6.45, 7) is 19.3. The highest BCUT2D eigenvalue weighted by atomic mass is 32.1. The quantitative estimate of drug-likeness (QED) is 0.138. The number of cyclic esters (lactones) is 1. The van der Waals surface area contributed by atoms with Gasteiger partial charge >= 0.3 is 5.97 Å². The molecule has 0 fully saturated rings. The molecule has 10 nitrogen and oxygen atoms in total. The molecule has 3 aromatic heterocycles.